The summed E-state index contributed by atoms with van der Waals surface area (Å²) in [5.74, 6) is 0.670. The summed E-state index contributed by atoms with van der Waals surface area (Å²) in [7, 11) is 3.78. The summed E-state index contributed by atoms with van der Waals surface area (Å²) in [5.41, 5.74) is 2.87. The van der Waals surface area contributed by atoms with E-state index in [2.05, 4.69) is 34.3 Å². The number of rotatable bonds is 3. The first-order valence-electron chi connectivity index (χ1n) is 9.86. The molecule has 0 spiro atoms. The van der Waals surface area contributed by atoms with Crippen molar-refractivity contribution in [3.63, 3.8) is 0 Å². The number of carbonyl (C=O) groups excluding carboxylic acids is 1. The highest BCUT2D eigenvalue weighted by molar-refractivity contribution is 5.92. The van der Waals surface area contributed by atoms with Gasteiger partial charge in [0.15, 0.2) is 0 Å². The third-order valence-electron chi connectivity index (χ3n) is 5.73. The summed E-state index contributed by atoms with van der Waals surface area (Å²) in [6, 6.07) is 16.4. The van der Waals surface area contributed by atoms with Gasteiger partial charge in [0.1, 0.15) is 5.75 Å². The van der Waals surface area contributed by atoms with E-state index in [0.29, 0.717) is 17.5 Å². The van der Waals surface area contributed by atoms with Gasteiger partial charge in [-0.05, 0) is 30.3 Å². The highest BCUT2D eigenvalue weighted by Crippen LogP contribution is 2.31. The van der Waals surface area contributed by atoms with E-state index in [1.54, 1.807) is 7.11 Å². The number of carbonyl (C=O) groups is 1. The molecule has 2 aliphatic heterocycles. The number of likely N-dealkylation sites (N-methyl/N-ethyl adjacent to an activating group) is 1. The van der Waals surface area contributed by atoms with Crippen molar-refractivity contribution in [2.75, 3.05) is 58.7 Å². The maximum Gasteiger partial charge on any atom is 0.322 e. The molecule has 0 unspecified atom stereocenters. The van der Waals surface area contributed by atoms with E-state index < -0.39 is 0 Å². The van der Waals surface area contributed by atoms with E-state index in [9.17, 15) is 4.79 Å². The zero-order valence-electron chi connectivity index (χ0n) is 16.6. The van der Waals surface area contributed by atoms with Gasteiger partial charge in [0.05, 0.1) is 12.8 Å². The van der Waals surface area contributed by atoms with E-state index in [4.69, 9.17) is 4.74 Å². The third-order valence-corrected chi connectivity index (χ3v) is 5.73. The fourth-order valence-electron chi connectivity index (χ4n) is 4.11. The molecule has 1 atom stereocenters. The Morgan fingerprint density at radius 2 is 1.79 bits per heavy atom. The molecule has 0 aliphatic carbocycles. The van der Waals surface area contributed by atoms with Crippen LogP contribution in [-0.2, 0) is 0 Å². The zero-order chi connectivity index (χ0) is 19.5. The van der Waals surface area contributed by atoms with Gasteiger partial charge in [-0.15, -0.1) is 0 Å². The van der Waals surface area contributed by atoms with Gasteiger partial charge in [-0.2, -0.15) is 0 Å². The lowest BCUT2D eigenvalue weighted by Gasteiger charge is -2.46. The Kier molecular flexibility index (Phi) is 5.50. The average molecular weight is 380 g/mol. The number of nitrogens with one attached hydrogen (secondary N) is 1. The number of fused-ring (bicyclic) bond motifs is 1. The normalized spacial score (nSPS) is 20.5. The number of methoxy groups -OCH3 is 1. The second-order valence-corrected chi connectivity index (χ2v) is 7.61. The van der Waals surface area contributed by atoms with E-state index >= 15 is 0 Å². The molecule has 148 valence electrons. The number of piperazine rings is 2. The molecule has 2 saturated heterocycles. The van der Waals surface area contributed by atoms with E-state index in [-0.39, 0.29) is 6.03 Å². The van der Waals surface area contributed by atoms with E-state index in [1.165, 1.54) is 0 Å². The molecule has 2 aromatic rings. The van der Waals surface area contributed by atoms with Crippen LogP contribution in [0, 0.1) is 0 Å². The van der Waals surface area contributed by atoms with Gasteiger partial charge in [-0.25, -0.2) is 4.79 Å². The highest BCUT2D eigenvalue weighted by atomic mass is 16.5. The van der Waals surface area contributed by atoms with Crippen molar-refractivity contribution >= 4 is 11.7 Å². The molecule has 2 fully saturated rings. The van der Waals surface area contributed by atoms with Crippen molar-refractivity contribution < 1.29 is 9.53 Å². The molecule has 2 heterocycles. The third kappa shape index (κ3) is 3.98. The first-order chi connectivity index (χ1) is 13.6. The maximum absolute atomic E-state index is 13.0. The van der Waals surface area contributed by atoms with Gasteiger partial charge in [0.25, 0.3) is 0 Å². The molecule has 2 aliphatic rings. The first kappa shape index (κ1) is 18.8. The minimum absolute atomic E-state index is 0.0589. The molecule has 4 rings (SSSR count). The van der Waals surface area contributed by atoms with E-state index in [0.717, 1.165) is 50.4 Å². The summed E-state index contributed by atoms with van der Waals surface area (Å²) < 4.78 is 5.48. The van der Waals surface area contributed by atoms with Crippen LogP contribution in [0.1, 0.15) is 0 Å². The highest BCUT2D eigenvalue weighted by Gasteiger charge is 2.32. The van der Waals surface area contributed by atoms with Crippen LogP contribution in [0.15, 0.2) is 48.5 Å². The Bertz CT molecular complexity index is 827. The van der Waals surface area contributed by atoms with Gasteiger partial charge in [0, 0.05) is 45.3 Å². The fraction of sp³-hybridized carbons (Fsp3) is 0.409. The molecule has 2 amide bonds. The van der Waals surface area contributed by atoms with Crippen molar-refractivity contribution in [1.29, 1.82) is 0 Å². The monoisotopic (exact) mass is 380 g/mol. The van der Waals surface area contributed by atoms with Crippen molar-refractivity contribution in [2.45, 2.75) is 6.04 Å². The van der Waals surface area contributed by atoms with Gasteiger partial charge in [0.2, 0.25) is 0 Å². The van der Waals surface area contributed by atoms with Crippen molar-refractivity contribution in [3.05, 3.63) is 48.5 Å². The molecule has 6 heteroatoms. The number of hydrogen-bond acceptors (Lipinski definition) is 4. The van der Waals surface area contributed by atoms with Crippen LogP contribution in [0.4, 0.5) is 10.5 Å². The molecule has 6 nitrogen and oxygen atoms in total. The molecular formula is C22H28N4O2. The Balaban J connectivity index is 1.49. The van der Waals surface area contributed by atoms with Crippen LogP contribution in [0.25, 0.3) is 11.1 Å². The maximum atomic E-state index is 13.0. The van der Waals surface area contributed by atoms with Gasteiger partial charge < -0.3 is 19.9 Å². The minimum Gasteiger partial charge on any atom is -0.495 e. The molecule has 28 heavy (non-hydrogen) atoms. The number of amides is 2. The Morgan fingerprint density at radius 3 is 2.57 bits per heavy atom. The standard InChI is InChI=1S/C22H28N4O2/c1-24-10-11-25-12-13-26(16-19(25)15-24)22(27)23-20-14-18(8-9-21(20)28-2)17-6-4-3-5-7-17/h3-9,14,19H,10-13,15-16H2,1-2H3,(H,23,27)/t19-/m1/s1. The van der Waals surface area contributed by atoms with Crippen LogP contribution < -0.4 is 10.1 Å². The van der Waals surface area contributed by atoms with Crippen LogP contribution in [0.2, 0.25) is 0 Å². The lowest BCUT2D eigenvalue weighted by molar-refractivity contribution is 0.0353. The van der Waals surface area contributed by atoms with Crippen LogP contribution in [0.5, 0.6) is 5.75 Å². The second-order valence-electron chi connectivity index (χ2n) is 7.61. The second kappa shape index (κ2) is 8.20. The predicted octanol–water partition coefficient (Wildman–Crippen LogP) is 2.83. The van der Waals surface area contributed by atoms with Crippen molar-refractivity contribution in [3.8, 4) is 16.9 Å². The van der Waals surface area contributed by atoms with Crippen molar-refractivity contribution in [1.82, 2.24) is 14.7 Å². The molecule has 0 radical (unpaired) electrons. The zero-order valence-corrected chi connectivity index (χ0v) is 16.6. The van der Waals surface area contributed by atoms with Gasteiger partial charge in [-0.1, -0.05) is 36.4 Å². The summed E-state index contributed by atoms with van der Waals surface area (Å²) in [6.07, 6.45) is 0. The molecule has 2 aromatic carbocycles. The molecular weight excluding hydrogens is 352 g/mol. The van der Waals surface area contributed by atoms with E-state index in [1.807, 2.05) is 41.3 Å². The Morgan fingerprint density at radius 1 is 1.00 bits per heavy atom. The summed E-state index contributed by atoms with van der Waals surface area (Å²) >= 11 is 0. The lowest BCUT2D eigenvalue weighted by Crippen LogP contribution is -2.62. The molecule has 0 bridgehead atoms. The minimum atomic E-state index is -0.0589. The summed E-state index contributed by atoms with van der Waals surface area (Å²) in [5, 5.41) is 3.08. The first-order valence-corrected chi connectivity index (χ1v) is 9.86. The van der Waals surface area contributed by atoms with Gasteiger partial charge >= 0.3 is 6.03 Å². The SMILES string of the molecule is COc1ccc(-c2ccccc2)cc1NC(=O)N1CCN2CCN(C)C[C@@H]2C1. The molecule has 0 aromatic heterocycles. The summed E-state index contributed by atoms with van der Waals surface area (Å²) in [4.78, 5) is 19.7. The smallest absolute Gasteiger partial charge is 0.322 e. The number of ether oxygens (including phenoxy) is 1. The number of benzene rings is 2. The quantitative estimate of drug-likeness (QED) is 0.890. The predicted molar refractivity (Wildman–Crippen MR) is 112 cm³/mol. The summed E-state index contributed by atoms with van der Waals surface area (Å²) in [6.45, 7) is 5.66. The number of nitrogens with zero attached hydrogens (tertiary/aromatic N) is 3. The number of urea groups is 1. The van der Waals surface area contributed by atoms with Gasteiger partial charge in [-0.3, -0.25) is 4.90 Å². The fourth-order valence-corrected chi connectivity index (χ4v) is 4.11. The molecule has 0 saturated carbocycles. The van der Waals surface area contributed by atoms with Crippen LogP contribution >= 0.6 is 0 Å². The van der Waals surface area contributed by atoms with Crippen LogP contribution in [-0.4, -0.2) is 80.2 Å². The number of anilines is 1. The van der Waals surface area contributed by atoms with Crippen LogP contribution in [0.3, 0.4) is 0 Å². The molecule has 1 N–H and O–H groups in total. The number of hydrogen-bond donors (Lipinski definition) is 1. The lowest BCUT2D eigenvalue weighted by atomic mass is 10.0. The Hall–Kier alpha value is -2.57. The Labute approximate surface area is 166 Å². The topological polar surface area (TPSA) is 48.1 Å². The van der Waals surface area contributed by atoms with Crippen molar-refractivity contribution in [2.24, 2.45) is 0 Å². The average Bonchev–Trinajstić information content (AvgIpc) is 2.73. The largest absolute Gasteiger partial charge is 0.495 e.